The topological polar surface area (TPSA) is 38.3 Å². The van der Waals surface area contributed by atoms with E-state index < -0.39 is 0 Å². The Bertz CT molecular complexity index is 338. The molecule has 0 saturated carbocycles. The lowest BCUT2D eigenvalue weighted by molar-refractivity contribution is -0.141. The van der Waals surface area contributed by atoms with E-state index in [-0.39, 0.29) is 12.0 Å². The fourth-order valence-corrected chi connectivity index (χ4v) is 1.85. The van der Waals surface area contributed by atoms with E-state index in [0.717, 1.165) is 19.4 Å². The summed E-state index contributed by atoms with van der Waals surface area (Å²) in [5.41, 5.74) is 1.39. The van der Waals surface area contributed by atoms with Gasteiger partial charge in [0.15, 0.2) is 0 Å². The van der Waals surface area contributed by atoms with Crippen LogP contribution in [-0.2, 0) is 16.0 Å². The van der Waals surface area contributed by atoms with Gasteiger partial charge in [0.25, 0.3) is 0 Å². The highest BCUT2D eigenvalue weighted by atomic mass is 16.5. The first-order valence-corrected chi connectivity index (χ1v) is 6.56. The summed E-state index contributed by atoms with van der Waals surface area (Å²) < 4.78 is 4.63. The number of ether oxygens (including phenoxy) is 1. The lowest BCUT2D eigenvalue weighted by atomic mass is 10.1. The van der Waals surface area contributed by atoms with Crippen LogP contribution in [0.15, 0.2) is 30.3 Å². The Morgan fingerprint density at radius 1 is 1.28 bits per heavy atom. The minimum Gasteiger partial charge on any atom is -0.469 e. The van der Waals surface area contributed by atoms with Crippen LogP contribution in [0.2, 0.25) is 0 Å². The van der Waals surface area contributed by atoms with E-state index in [1.54, 1.807) is 0 Å². The predicted molar refractivity (Wildman–Crippen MR) is 73.5 cm³/mol. The number of hydrogen-bond donors (Lipinski definition) is 1. The van der Waals surface area contributed by atoms with Crippen LogP contribution in [0.1, 0.15) is 31.7 Å². The lowest BCUT2D eigenvalue weighted by Crippen LogP contribution is -2.29. The molecule has 0 saturated heterocycles. The van der Waals surface area contributed by atoms with Crippen LogP contribution in [0, 0.1) is 0 Å². The Kier molecular flexibility index (Phi) is 7.11. The third-order valence-corrected chi connectivity index (χ3v) is 2.93. The number of hydrogen-bond acceptors (Lipinski definition) is 3. The highest BCUT2D eigenvalue weighted by molar-refractivity contribution is 5.69. The van der Waals surface area contributed by atoms with E-state index in [0.29, 0.717) is 6.42 Å². The predicted octanol–water partition coefficient (Wildman–Crippen LogP) is 2.55. The molecule has 0 fully saturated rings. The number of carbonyl (C=O) groups excluding carboxylic acids is 1. The summed E-state index contributed by atoms with van der Waals surface area (Å²) in [4.78, 5) is 11.0. The molecule has 0 aliphatic heterocycles. The average Bonchev–Trinajstić information content (AvgIpc) is 2.39. The quantitative estimate of drug-likeness (QED) is 0.568. The molecule has 3 heteroatoms. The van der Waals surface area contributed by atoms with Crippen LogP contribution in [0.25, 0.3) is 0 Å². The van der Waals surface area contributed by atoms with Crippen molar-refractivity contribution in [2.24, 2.45) is 0 Å². The van der Waals surface area contributed by atoms with Crippen molar-refractivity contribution in [3.63, 3.8) is 0 Å². The van der Waals surface area contributed by atoms with Crippen molar-refractivity contribution >= 4 is 5.97 Å². The van der Waals surface area contributed by atoms with Gasteiger partial charge in [0, 0.05) is 6.04 Å². The van der Waals surface area contributed by atoms with E-state index in [1.807, 2.05) is 13.0 Å². The van der Waals surface area contributed by atoms with Gasteiger partial charge in [-0.25, -0.2) is 0 Å². The van der Waals surface area contributed by atoms with Crippen molar-refractivity contribution in [1.29, 1.82) is 0 Å². The van der Waals surface area contributed by atoms with E-state index in [9.17, 15) is 4.79 Å². The second-order valence-corrected chi connectivity index (χ2v) is 4.58. The van der Waals surface area contributed by atoms with Gasteiger partial charge < -0.3 is 10.1 Å². The van der Waals surface area contributed by atoms with Crippen molar-refractivity contribution in [3.8, 4) is 0 Å². The maximum Gasteiger partial charge on any atom is 0.307 e. The van der Waals surface area contributed by atoms with Crippen LogP contribution in [0.5, 0.6) is 0 Å². The van der Waals surface area contributed by atoms with Crippen molar-refractivity contribution < 1.29 is 9.53 Å². The molecule has 0 aliphatic carbocycles. The highest BCUT2D eigenvalue weighted by Crippen LogP contribution is 2.04. The fourth-order valence-electron chi connectivity index (χ4n) is 1.85. The van der Waals surface area contributed by atoms with Gasteiger partial charge in [-0.15, -0.1) is 0 Å². The highest BCUT2D eigenvalue weighted by Gasteiger charge is 2.07. The summed E-state index contributed by atoms with van der Waals surface area (Å²) in [6, 6.07) is 10.7. The molecule has 0 bridgehead atoms. The molecule has 0 aliphatic rings. The fraction of sp³-hybridized carbons (Fsp3) is 0.533. The maximum atomic E-state index is 11.0. The third-order valence-electron chi connectivity index (χ3n) is 2.93. The average molecular weight is 249 g/mol. The van der Waals surface area contributed by atoms with Crippen LogP contribution in [0.3, 0.4) is 0 Å². The van der Waals surface area contributed by atoms with Crippen molar-refractivity contribution in [3.05, 3.63) is 35.9 Å². The van der Waals surface area contributed by atoms with E-state index in [4.69, 9.17) is 0 Å². The largest absolute Gasteiger partial charge is 0.469 e. The first kappa shape index (κ1) is 14.7. The van der Waals surface area contributed by atoms with Gasteiger partial charge in [-0.2, -0.15) is 0 Å². The molecule has 0 amide bonds. The normalized spacial score (nSPS) is 12.1. The van der Waals surface area contributed by atoms with Crippen LogP contribution < -0.4 is 5.32 Å². The number of rotatable bonds is 8. The summed E-state index contributed by atoms with van der Waals surface area (Å²) in [5, 5.41) is 3.33. The van der Waals surface area contributed by atoms with Gasteiger partial charge in [0.05, 0.1) is 13.5 Å². The number of esters is 1. The van der Waals surface area contributed by atoms with Gasteiger partial charge in [-0.05, 0) is 38.3 Å². The molecule has 1 atom stereocenters. The number of nitrogens with one attached hydrogen (secondary N) is 1. The number of methoxy groups -OCH3 is 1. The summed E-state index contributed by atoms with van der Waals surface area (Å²) in [6.07, 6.45) is 3.85. The molecule has 1 N–H and O–H groups in total. The van der Waals surface area contributed by atoms with Crippen molar-refractivity contribution in [1.82, 2.24) is 5.32 Å². The standard InChI is InChI=1S/C15H23NO2/c1-13(12-15(17)18-2)16-11-7-6-10-14-8-4-3-5-9-14/h3-5,8-9,13,16H,6-7,10-12H2,1-2H3. The van der Waals surface area contributed by atoms with Gasteiger partial charge in [0.2, 0.25) is 0 Å². The first-order chi connectivity index (χ1) is 8.72. The molecule has 1 rings (SSSR count). The summed E-state index contributed by atoms with van der Waals surface area (Å²) in [6.45, 7) is 2.96. The van der Waals surface area contributed by atoms with E-state index >= 15 is 0 Å². The molecular formula is C15H23NO2. The molecule has 0 aromatic heterocycles. The van der Waals surface area contributed by atoms with Gasteiger partial charge in [-0.1, -0.05) is 30.3 Å². The summed E-state index contributed by atoms with van der Waals surface area (Å²) in [5.74, 6) is -0.153. The van der Waals surface area contributed by atoms with Crippen LogP contribution in [0.4, 0.5) is 0 Å². The second kappa shape index (κ2) is 8.70. The number of aryl methyl sites for hydroxylation is 1. The smallest absolute Gasteiger partial charge is 0.307 e. The minimum atomic E-state index is -0.153. The van der Waals surface area contributed by atoms with Crippen LogP contribution >= 0.6 is 0 Å². The molecule has 18 heavy (non-hydrogen) atoms. The molecular weight excluding hydrogens is 226 g/mol. The zero-order valence-corrected chi connectivity index (χ0v) is 11.3. The Balaban J connectivity index is 2.03. The van der Waals surface area contributed by atoms with E-state index in [1.165, 1.54) is 19.1 Å². The Hall–Kier alpha value is -1.35. The Labute approximate surface area is 110 Å². The molecule has 1 unspecified atom stereocenters. The van der Waals surface area contributed by atoms with Gasteiger partial charge >= 0.3 is 5.97 Å². The molecule has 100 valence electrons. The number of carbonyl (C=O) groups is 1. The van der Waals surface area contributed by atoms with E-state index in [2.05, 4.69) is 34.3 Å². The number of unbranched alkanes of at least 4 members (excludes halogenated alkanes) is 1. The summed E-state index contributed by atoms with van der Waals surface area (Å²) >= 11 is 0. The first-order valence-electron chi connectivity index (χ1n) is 6.56. The van der Waals surface area contributed by atoms with Crippen molar-refractivity contribution in [2.75, 3.05) is 13.7 Å². The summed E-state index contributed by atoms with van der Waals surface area (Å²) in [7, 11) is 1.43. The molecule has 0 radical (unpaired) electrons. The zero-order valence-electron chi connectivity index (χ0n) is 11.3. The zero-order chi connectivity index (χ0) is 13.2. The van der Waals surface area contributed by atoms with Crippen molar-refractivity contribution in [2.45, 2.75) is 38.6 Å². The molecule has 1 aromatic carbocycles. The Morgan fingerprint density at radius 3 is 2.67 bits per heavy atom. The Morgan fingerprint density at radius 2 is 2.00 bits per heavy atom. The SMILES string of the molecule is COC(=O)CC(C)NCCCCc1ccccc1. The third kappa shape index (κ3) is 6.40. The minimum absolute atomic E-state index is 0.153. The van der Waals surface area contributed by atoms with Gasteiger partial charge in [-0.3, -0.25) is 4.79 Å². The lowest BCUT2D eigenvalue weighted by Gasteiger charge is -2.12. The maximum absolute atomic E-state index is 11.0. The molecule has 0 heterocycles. The molecule has 0 spiro atoms. The van der Waals surface area contributed by atoms with Gasteiger partial charge in [0.1, 0.15) is 0 Å². The molecule has 1 aromatic rings. The second-order valence-electron chi connectivity index (χ2n) is 4.58. The number of benzene rings is 1. The molecule has 3 nitrogen and oxygen atoms in total. The van der Waals surface area contributed by atoms with Crippen LogP contribution in [-0.4, -0.2) is 25.7 Å². The monoisotopic (exact) mass is 249 g/mol.